The van der Waals surface area contributed by atoms with Crippen LogP contribution in [0.3, 0.4) is 0 Å². The zero-order valence-electron chi connectivity index (χ0n) is 14.8. The maximum atomic E-state index is 12.1. The van der Waals surface area contributed by atoms with Gasteiger partial charge in [-0.15, -0.1) is 10.2 Å². The van der Waals surface area contributed by atoms with E-state index in [1.54, 1.807) is 6.07 Å². The minimum absolute atomic E-state index is 0.142. The number of amides is 1. The number of anilines is 3. The molecule has 27 heavy (non-hydrogen) atoms. The average molecular weight is 368 g/mol. The number of carbonyl (C=O) groups excluding carboxylic acids is 1. The highest BCUT2D eigenvalue weighted by atomic mass is 16.3. The molecule has 0 saturated heterocycles. The monoisotopic (exact) mass is 368 g/mol. The van der Waals surface area contributed by atoms with Crippen LogP contribution in [-0.4, -0.2) is 50.4 Å². The molecule has 2 heterocycles. The SMILES string of the molecule is CNC(=O)c1nnc(Nc2cnc(C#N)cn2)cc1NC1CCC(O)CC1. The van der Waals surface area contributed by atoms with Gasteiger partial charge < -0.3 is 21.1 Å². The first-order chi connectivity index (χ1) is 13.1. The quantitative estimate of drug-likeness (QED) is 0.605. The third-order valence-electron chi connectivity index (χ3n) is 4.31. The fraction of sp³-hybridized carbons (Fsp3) is 0.412. The number of carbonyl (C=O) groups is 1. The smallest absolute Gasteiger partial charge is 0.273 e. The molecule has 10 heteroatoms. The fourth-order valence-corrected chi connectivity index (χ4v) is 2.87. The Balaban J connectivity index is 1.81. The maximum absolute atomic E-state index is 12.1. The lowest BCUT2D eigenvalue weighted by Crippen LogP contribution is -2.30. The van der Waals surface area contributed by atoms with Crippen molar-refractivity contribution in [2.24, 2.45) is 0 Å². The Morgan fingerprint density at radius 2 is 1.96 bits per heavy atom. The van der Waals surface area contributed by atoms with Gasteiger partial charge in [-0.2, -0.15) is 5.26 Å². The number of rotatable bonds is 5. The highest BCUT2D eigenvalue weighted by Crippen LogP contribution is 2.25. The van der Waals surface area contributed by atoms with Crippen LogP contribution in [0.2, 0.25) is 0 Å². The van der Waals surface area contributed by atoms with Crippen LogP contribution in [0.5, 0.6) is 0 Å². The summed E-state index contributed by atoms with van der Waals surface area (Å²) in [5.41, 5.74) is 0.957. The van der Waals surface area contributed by atoms with Crippen molar-refractivity contribution in [3.8, 4) is 6.07 Å². The van der Waals surface area contributed by atoms with Gasteiger partial charge in [-0.3, -0.25) is 4.79 Å². The third kappa shape index (κ3) is 4.65. The van der Waals surface area contributed by atoms with E-state index in [1.807, 2.05) is 6.07 Å². The van der Waals surface area contributed by atoms with Crippen molar-refractivity contribution in [1.29, 1.82) is 5.26 Å². The zero-order chi connectivity index (χ0) is 19.2. The van der Waals surface area contributed by atoms with Crippen LogP contribution in [0.1, 0.15) is 41.9 Å². The first-order valence-corrected chi connectivity index (χ1v) is 8.62. The highest BCUT2D eigenvalue weighted by molar-refractivity contribution is 5.97. The van der Waals surface area contributed by atoms with E-state index in [1.165, 1.54) is 19.4 Å². The van der Waals surface area contributed by atoms with Crippen LogP contribution < -0.4 is 16.0 Å². The summed E-state index contributed by atoms with van der Waals surface area (Å²) in [6, 6.07) is 3.73. The molecule has 0 bridgehead atoms. The normalized spacial score (nSPS) is 19.0. The lowest BCUT2D eigenvalue weighted by atomic mass is 9.93. The fourth-order valence-electron chi connectivity index (χ4n) is 2.87. The van der Waals surface area contributed by atoms with Crippen molar-refractivity contribution in [3.63, 3.8) is 0 Å². The summed E-state index contributed by atoms with van der Waals surface area (Å²) in [5, 5.41) is 35.3. The van der Waals surface area contributed by atoms with E-state index in [2.05, 4.69) is 36.1 Å². The molecule has 0 spiro atoms. The second-order valence-corrected chi connectivity index (χ2v) is 6.24. The van der Waals surface area contributed by atoms with E-state index in [-0.39, 0.29) is 29.4 Å². The molecule has 1 saturated carbocycles. The number of aliphatic hydroxyl groups excluding tert-OH is 1. The summed E-state index contributed by atoms with van der Waals surface area (Å²) in [7, 11) is 1.53. The number of hydrogen-bond acceptors (Lipinski definition) is 9. The van der Waals surface area contributed by atoms with E-state index in [0.29, 0.717) is 17.3 Å². The predicted octanol–water partition coefficient (Wildman–Crippen LogP) is 0.957. The first kappa shape index (κ1) is 18.5. The minimum atomic E-state index is -0.342. The molecule has 1 aliphatic carbocycles. The molecule has 2 aromatic heterocycles. The van der Waals surface area contributed by atoms with E-state index < -0.39 is 0 Å². The van der Waals surface area contributed by atoms with Crippen LogP contribution in [0.15, 0.2) is 18.5 Å². The Bertz CT molecular complexity index is 841. The van der Waals surface area contributed by atoms with Gasteiger partial charge in [-0.05, 0) is 25.7 Å². The molecule has 0 atom stereocenters. The number of hydrogen-bond donors (Lipinski definition) is 4. The van der Waals surface area contributed by atoms with Crippen molar-refractivity contribution in [1.82, 2.24) is 25.5 Å². The first-order valence-electron chi connectivity index (χ1n) is 8.62. The van der Waals surface area contributed by atoms with E-state index >= 15 is 0 Å². The highest BCUT2D eigenvalue weighted by Gasteiger charge is 2.22. The molecule has 1 amide bonds. The van der Waals surface area contributed by atoms with Crippen molar-refractivity contribution >= 4 is 23.2 Å². The number of nitrogens with zero attached hydrogens (tertiary/aromatic N) is 5. The standard InChI is InChI=1S/C17H20N8O2/c1-19-17(27)16-13(22-10-2-4-12(26)5-3-10)6-14(24-25-16)23-15-9-20-11(7-18)8-21-15/h6,8-10,12,26H,2-5H2,1H3,(H,19,27)(H2,21,22,23,24). The Morgan fingerprint density at radius 3 is 2.59 bits per heavy atom. The molecule has 3 rings (SSSR count). The summed E-state index contributed by atoms with van der Waals surface area (Å²) in [5.74, 6) is 0.452. The summed E-state index contributed by atoms with van der Waals surface area (Å²) in [6.07, 6.45) is 5.56. The molecular weight excluding hydrogens is 348 g/mol. The minimum Gasteiger partial charge on any atom is -0.393 e. The Kier molecular flexibility index (Phi) is 5.73. The van der Waals surface area contributed by atoms with Crippen LogP contribution in [0, 0.1) is 11.3 Å². The molecule has 140 valence electrons. The number of aliphatic hydroxyl groups is 1. The summed E-state index contributed by atoms with van der Waals surface area (Å²) in [4.78, 5) is 20.1. The van der Waals surface area contributed by atoms with Gasteiger partial charge >= 0.3 is 0 Å². The van der Waals surface area contributed by atoms with Crippen LogP contribution >= 0.6 is 0 Å². The lowest BCUT2D eigenvalue weighted by Gasteiger charge is -2.27. The third-order valence-corrected chi connectivity index (χ3v) is 4.31. The second-order valence-electron chi connectivity index (χ2n) is 6.24. The summed E-state index contributed by atoms with van der Waals surface area (Å²) >= 11 is 0. The van der Waals surface area contributed by atoms with Gasteiger partial charge in [0.2, 0.25) is 0 Å². The van der Waals surface area contributed by atoms with E-state index in [9.17, 15) is 9.90 Å². The number of aromatic nitrogens is 4. The summed E-state index contributed by atoms with van der Waals surface area (Å²) in [6.45, 7) is 0. The molecule has 0 unspecified atom stereocenters. The summed E-state index contributed by atoms with van der Waals surface area (Å²) < 4.78 is 0. The molecule has 2 aromatic rings. The molecule has 10 nitrogen and oxygen atoms in total. The Morgan fingerprint density at radius 1 is 1.19 bits per heavy atom. The predicted molar refractivity (Wildman–Crippen MR) is 97.3 cm³/mol. The lowest BCUT2D eigenvalue weighted by molar-refractivity contribution is 0.0957. The molecule has 0 aromatic carbocycles. The molecular formula is C17H20N8O2. The van der Waals surface area contributed by atoms with Crippen molar-refractivity contribution in [2.75, 3.05) is 17.7 Å². The van der Waals surface area contributed by atoms with Gasteiger partial charge in [0, 0.05) is 19.2 Å². The molecule has 0 aliphatic heterocycles. The van der Waals surface area contributed by atoms with Gasteiger partial charge in [-0.1, -0.05) is 0 Å². The molecule has 1 aliphatic rings. The van der Waals surface area contributed by atoms with Gasteiger partial charge in [0.1, 0.15) is 11.9 Å². The van der Waals surface area contributed by atoms with Gasteiger partial charge in [0.25, 0.3) is 5.91 Å². The van der Waals surface area contributed by atoms with Crippen LogP contribution in [0.25, 0.3) is 0 Å². The Hall–Kier alpha value is -3.32. The van der Waals surface area contributed by atoms with Gasteiger partial charge in [0.05, 0.1) is 24.2 Å². The molecule has 1 fully saturated rings. The average Bonchev–Trinajstić information content (AvgIpc) is 2.70. The van der Waals surface area contributed by atoms with Crippen molar-refractivity contribution in [3.05, 3.63) is 29.8 Å². The Labute approximate surface area is 156 Å². The largest absolute Gasteiger partial charge is 0.393 e. The van der Waals surface area contributed by atoms with Crippen LogP contribution in [-0.2, 0) is 0 Å². The number of nitriles is 1. The second kappa shape index (κ2) is 8.37. The zero-order valence-corrected chi connectivity index (χ0v) is 14.8. The van der Waals surface area contributed by atoms with Gasteiger partial charge in [-0.25, -0.2) is 9.97 Å². The van der Waals surface area contributed by atoms with Gasteiger partial charge in [0.15, 0.2) is 17.2 Å². The van der Waals surface area contributed by atoms with Crippen LogP contribution in [0.4, 0.5) is 17.3 Å². The van der Waals surface area contributed by atoms with E-state index in [0.717, 1.165) is 25.7 Å². The molecule has 0 radical (unpaired) electrons. The van der Waals surface area contributed by atoms with Crippen molar-refractivity contribution < 1.29 is 9.90 Å². The topological polar surface area (TPSA) is 149 Å². The molecule has 4 N–H and O–H groups in total. The number of nitrogens with one attached hydrogen (secondary N) is 3. The van der Waals surface area contributed by atoms with E-state index in [4.69, 9.17) is 5.26 Å². The maximum Gasteiger partial charge on any atom is 0.273 e. The van der Waals surface area contributed by atoms with Crippen molar-refractivity contribution in [2.45, 2.75) is 37.8 Å².